The molecule has 0 unspecified atom stereocenters. The van der Waals surface area contributed by atoms with Gasteiger partial charge in [0.15, 0.2) is 0 Å². The van der Waals surface area contributed by atoms with Gasteiger partial charge in [0.05, 0.1) is 17.4 Å². The lowest BCUT2D eigenvalue weighted by Crippen LogP contribution is -2.00. The molecule has 0 atom stereocenters. The molecular formula is C11H13N3O2. The van der Waals surface area contributed by atoms with Gasteiger partial charge in [-0.25, -0.2) is 9.78 Å². The molecule has 84 valence electrons. The SMILES string of the molecule is CC(C)n1cc(C(=O)O)c2cc(N)cnc21. The minimum atomic E-state index is -0.961. The van der Waals surface area contributed by atoms with E-state index in [9.17, 15) is 4.79 Å². The van der Waals surface area contributed by atoms with Crippen LogP contribution in [-0.4, -0.2) is 20.6 Å². The van der Waals surface area contributed by atoms with E-state index in [1.54, 1.807) is 12.3 Å². The largest absolute Gasteiger partial charge is 0.478 e. The number of aromatic nitrogens is 2. The first-order valence-electron chi connectivity index (χ1n) is 5.00. The van der Waals surface area contributed by atoms with Crippen LogP contribution >= 0.6 is 0 Å². The summed E-state index contributed by atoms with van der Waals surface area (Å²) in [7, 11) is 0. The number of nitrogens with two attached hydrogens (primary N) is 1. The smallest absolute Gasteiger partial charge is 0.337 e. The lowest BCUT2D eigenvalue weighted by Gasteiger charge is -2.07. The van der Waals surface area contributed by atoms with Crippen LogP contribution in [-0.2, 0) is 0 Å². The highest BCUT2D eigenvalue weighted by atomic mass is 16.4. The van der Waals surface area contributed by atoms with Crippen molar-refractivity contribution in [1.29, 1.82) is 0 Å². The zero-order valence-corrected chi connectivity index (χ0v) is 9.14. The summed E-state index contributed by atoms with van der Waals surface area (Å²) < 4.78 is 1.83. The van der Waals surface area contributed by atoms with E-state index in [0.29, 0.717) is 16.7 Å². The third-order valence-corrected chi connectivity index (χ3v) is 2.48. The van der Waals surface area contributed by atoms with E-state index in [0.717, 1.165) is 0 Å². The first kappa shape index (κ1) is 10.5. The fourth-order valence-electron chi connectivity index (χ4n) is 1.71. The number of hydrogen-bond acceptors (Lipinski definition) is 3. The maximum Gasteiger partial charge on any atom is 0.337 e. The molecule has 16 heavy (non-hydrogen) atoms. The molecule has 0 aliphatic heterocycles. The number of carboxylic acid groups (broad SMARTS) is 1. The Hall–Kier alpha value is -2.04. The van der Waals surface area contributed by atoms with Crippen LogP contribution in [0.5, 0.6) is 0 Å². The second-order valence-electron chi connectivity index (χ2n) is 3.99. The van der Waals surface area contributed by atoms with Crippen LogP contribution in [0, 0.1) is 0 Å². The van der Waals surface area contributed by atoms with Gasteiger partial charge in [-0.15, -0.1) is 0 Å². The zero-order chi connectivity index (χ0) is 11.9. The number of aromatic carboxylic acids is 1. The van der Waals surface area contributed by atoms with Crippen molar-refractivity contribution in [3.63, 3.8) is 0 Å². The van der Waals surface area contributed by atoms with Crippen molar-refractivity contribution in [2.24, 2.45) is 0 Å². The normalized spacial score (nSPS) is 11.2. The van der Waals surface area contributed by atoms with Gasteiger partial charge in [0, 0.05) is 17.6 Å². The molecule has 0 spiro atoms. The fraction of sp³-hybridized carbons (Fsp3) is 0.273. The third kappa shape index (κ3) is 1.50. The van der Waals surface area contributed by atoms with Crippen molar-refractivity contribution in [2.45, 2.75) is 19.9 Å². The van der Waals surface area contributed by atoms with Gasteiger partial charge in [-0.3, -0.25) is 0 Å². The molecular weight excluding hydrogens is 206 g/mol. The van der Waals surface area contributed by atoms with Crippen LogP contribution in [0.4, 0.5) is 5.69 Å². The predicted octanol–water partition coefficient (Wildman–Crippen LogP) is 1.90. The van der Waals surface area contributed by atoms with Gasteiger partial charge in [0.25, 0.3) is 0 Å². The molecule has 0 fully saturated rings. The summed E-state index contributed by atoms with van der Waals surface area (Å²) in [5.74, 6) is -0.961. The molecule has 0 radical (unpaired) electrons. The van der Waals surface area contributed by atoms with Crippen molar-refractivity contribution < 1.29 is 9.90 Å². The lowest BCUT2D eigenvalue weighted by atomic mass is 10.2. The molecule has 3 N–H and O–H groups in total. The molecule has 0 amide bonds. The fourth-order valence-corrected chi connectivity index (χ4v) is 1.71. The standard InChI is InChI=1S/C11H13N3O2/c1-6(2)14-5-9(11(15)16)8-3-7(12)4-13-10(8)14/h3-6H,12H2,1-2H3,(H,15,16). The number of hydrogen-bond donors (Lipinski definition) is 2. The predicted molar refractivity (Wildman–Crippen MR) is 61.5 cm³/mol. The van der Waals surface area contributed by atoms with Crippen LogP contribution in [0.1, 0.15) is 30.2 Å². The summed E-state index contributed by atoms with van der Waals surface area (Å²) in [5.41, 5.74) is 6.98. The Bertz CT molecular complexity index is 558. The number of rotatable bonds is 2. The van der Waals surface area contributed by atoms with Crippen LogP contribution in [0.2, 0.25) is 0 Å². The Balaban J connectivity index is 2.81. The van der Waals surface area contributed by atoms with Gasteiger partial charge in [0.1, 0.15) is 5.65 Å². The van der Waals surface area contributed by atoms with Gasteiger partial charge >= 0.3 is 5.97 Å². The minimum absolute atomic E-state index is 0.159. The Morgan fingerprint density at radius 3 is 2.81 bits per heavy atom. The molecule has 2 aromatic rings. The van der Waals surface area contributed by atoms with E-state index in [1.165, 1.54) is 6.20 Å². The zero-order valence-electron chi connectivity index (χ0n) is 9.14. The van der Waals surface area contributed by atoms with Crippen molar-refractivity contribution >= 4 is 22.7 Å². The molecule has 5 nitrogen and oxygen atoms in total. The Labute approximate surface area is 92.5 Å². The van der Waals surface area contributed by atoms with Crippen LogP contribution in [0.3, 0.4) is 0 Å². The van der Waals surface area contributed by atoms with Crippen LogP contribution in [0.25, 0.3) is 11.0 Å². The van der Waals surface area contributed by atoms with Gasteiger partial charge in [0.2, 0.25) is 0 Å². The summed E-state index contributed by atoms with van der Waals surface area (Å²) in [5, 5.41) is 9.67. The topological polar surface area (TPSA) is 81.1 Å². The summed E-state index contributed by atoms with van der Waals surface area (Å²) in [6.45, 7) is 3.95. The number of anilines is 1. The average Bonchev–Trinajstić information content (AvgIpc) is 2.56. The van der Waals surface area contributed by atoms with E-state index in [-0.39, 0.29) is 11.6 Å². The van der Waals surface area contributed by atoms with Gasteiger partial charge < -0.3 is 15.4 Å². The van der Waals surface area contributed by atoms with Crippen molar-refractivity contribution in [1.82, 2.24) is 9.55 Å². The summed E-state index contributed by atoms with van der Waals surface area (Å²) >= 11 is 0. The highest BCUT2D eigenvalue weighted by Crippen LogP contribution is 2.24. The molecule has 5 heteroatoms. The van der Waals surface area contributed by atoms with Crippen LogP contribution in [0.15, 0.2) is 18.5 Å². The molecule has 0 aliphatic rings. The monoisotopic (exact) mass is 219 g/mol. The number of fused-ring (bicyclic) bond motifs is 1. The molecule has 0 aliphatic carbocycles. The maximum atomic E-state index is 11.1. The van der Waals surface area contributed by atoms with Crippen molar-refractivity contribution in [2.75, 3.05) is 5.73 Å². The second kappa shape index (κ2) is 3.52. The summed E-state index contributed by atoms with van der Waals surface area (Å²) in [6.07, 6.45) is 3.14. The quantitative estimate of drug-likeness (QED) is 0.808. The Morgan fingerprint density at radius 1 is 1.56 bits per heavy atom. The third-order valence-electron chi connectivity index (χ3n) is 2.48. The molecule has 2 aromatic heterocycles. The number of pyridine rings is 1. The first-order valence-corrected chi connectivity index (χ1v) is 5.00. The van der Waals surface area contributed by atoms with E-state index < -0.39 is 5.97 Å². The molecule has 0 bridgehead atoms. The van der Waals surface area contributed by atoms with Gasteiger partial charge in [-0.1, -0.05) is 0 Å². The highest BCUT2D eigenvalue weighted by Gasteiger charge is 2.16. The molecule has 2 rings (SSSR count). The number of nitrogens with zero attached hydrogens (tertiary/aromatic N) is 2. The minimum Gasteiger partial charge on any atom is -0.478 e. The van der Waals surface area contributed by atoms with Gasteiger partial charge in [-0.05, 0) is 19.9 Å². The molecule has 2 heterocycles. The second-order valence-corrected chi connectivity index (χ2v) is 3.99. The highest BCUT2D eigenvalue weighted by molar-refractivity contribution is 6.03. The van der Waals surface area contributed by atoms with Crippen molar-refractivity contribution in [3.05, 3.63) is 24.0 Å². The Morgan fingerprint density at radius 2 is 2.25 bits per heavy atom. The summed E-state index contributed by atoms with van der Waals surface area (Å²) in [4.78, 5) is 15.3. The maximum absolute atomic E-state index is 11.1. The first-order chi connectivity index (χ1) is 7.50. The average molecular weight is 219 g/mol. The molecule has 0 aromatic carbocycles. The van der Waals surface area contributed by atoms with E-state index in [2.05, 4.69) is 4.98 Å². The van der Waals surface area contributed by atoms with E-state index in [4.69, 9.17) is 10.8 Å². The van der Waals surface area contributed by atoms with E-state index >= 15 is 0 Å². The van der Waals surface area contributed by atoms with Crippen molar-refractivity contribution in [3.8, 4) is 0 Å². The number of nitrogen functional groups attached to an aromatic ring is 1. The Kier molecular flexibility index (Phi) is 2.30. The summed E-state index contributed by atoms with van der Waals surface area (Å²) in [6, 6.07) is 1.80. The van der Waals surface area contributed by atoms with Gasteiger partial charge in [-0.2, -0.15) is 0 Å². The van der Waals surface area contributed by atoms with E-state index in [1.807, 2.05) is 18.4 Å². The molecule has 0 saturated heterocycles. The number of carboxylic acids is 1. The van der Waals surface area contributed by atoms with Crippen LogP contribution < -0.4 is 5.73 Å². The lowest BCUT2D eigenvalue weighted by molar-refractivity contribution is 0.0699. The molecule has 0 saturated carbocycles. The number of carbonyl (C=O) groups is 1.